The van der Waals surface area contributed by atoms with E-state index in [0.717, 1.165) is 17.8 Å². The van der Waals surface area contributed by atoms with Crippen LogP contribution in [0.1, 0.15) is 30.9 Å². The van der Waals surface area contributed by atoms with E-state index < -0.39 is 0 Å². The molecule has 1 aromatic heterocycles. The molecule has 0 radical (unpaired) electrons. The molecule has 2 aliphatic rings. The average Bonchev–Trinajstić information content (AvgIpc) is 2.85. The minimum Gasteiger partial charge on any atom is -0.361 e. The van der Waals surface area contributed by atoms with Gasteiger partial charge < -0.3 is 10.3 Å². The highest BCUT2D eigenvalue weighted by molar-refractivity contribution is 5.83. The van der Waals surface area contributed by atoms with Gasteiger partial charge in [-0.15, -0.1) is 0 Å². The molecule has 2 fully saturated rings. The molecule has 2 nitrogen and oxygen atoms in total. The molecule has 1 aromatic carbocycles. The standard InChI is InChI=1S/C16H20N2/c1-17-16(12-7-10-6-11(10)8-12)14-9-18-15-5-3-2-4-13(14)15/h2-5,9-12,16-18H,6-8H2,1H3. The Bertz CT molecular complexity index is 561. The van der Waals surface area contributed by atoms with Crippen LogP contribution in [0.2, 0.25) is 0 Å². The van der Waals surface area contributed by atoms with Crippen LogP contribution >= 0.6 is 0 Å². The van der Waals surface area contributed by atoms with Gasteiger partial charge in [0.2, 0.25) is 0 Å². The fourth-order valence-corrected chi connectivity index (χ4v) is 4.03. The van der Waals surface area contributed by atoms with Gasteiger partial charge in [0, 0.05) is 23.1 Å². The maximum atomic E-state index is 3.56. The number of H-pyrrole nitrogens is 1. The van der Waals surface area contributed by atoms with Crippen LogP contribution in [-0.2, 0) is 0 Å². The maximum absolute atomic E-state index is 3.56. The van der Waals surface area contributed by atoms with Crippen LogP contribution in [0.5, 0.6) is 0 Å². The number of para-hydroxylation sites is 1. The smallest absolute Gasteiger partial charge is 0.0457 e. The summed E-state index contributed by atoms with van der Waals surface area (Å²) in [5, 5.41) is 4.95. The van der Waals surface area contributed by atoms with Crippen LogP contribution in [0.25, 0.3) is 10.9 Å². The molecule has 2 saturated carbocycles. The zero-order valence-electron chi connectivity index (χ0n) is 10.8. The second-order valence-corrected chi connectivity index (χ2v) is 6.04. The summed E-state index contributed by atoms with van der Waals surface area (Å²) in [6, 6.07) is 9.16. The molecule has 3 unspecified atom stereocenters. The number of fused-ring (bicyclic) bond motifs is 2. The highest BCUT2D eigenvalue weighted by atomic mass is 14.9. The van der Waals surface area contributed by atoms with Crippen LogP contribution in [0.4, 0.5) is 0 Å². The topological polar surface area (TPSA) is 27.8 Å². The van der Waals surface area contributed by atoms with Crippen molar-refractivity contribution in [2.75, 3.05) is 7.05 Å². The summed E-state index contributed by atoms with van der Waals surface area (Å²) in [5.74, 6) is 2.94. The number of aromatic nitrogens is 1. The van der Waals surface area contributed by atoms with Crippen LogP contribution in [0, 0.1) is 17.8 Å². The molecule has 0 bridgehead atoms. The Balaban J connectivity index is 1.70. The lowest BCUT2D eigenvalue weighted by molar-refractivity contribution is 0.361. The number of hydrogen-bond acceptors (Lipinski definition) is 1. The summed E-state index contributed by atoms with van der Waals surface area (Å²) in [6.45, 7) is 0. The quantitative estimate of drug-likeness (QED) is 0.844. The Kier molecular flexibility index (Phi) is 2.28. The third kappa shape index (κ3) is 1.52. The van der Waals surface area contributed by atoms with Crippen molar-refractivity contribution in [3.63, 3.8) is 0 Å². The Hall–Kier alpha value is -1.28. The molecule has 18 heavy (non-hydrogen) atoms. The van der Waals surface area contributed by atoms with E-state index in [0.29, 0.717) is 6.04 Å². The van der Waals surface area contributed by atoms with Gasteiger partial charge in [-0.1, -0.05) is 18.2 Å². The monoisotopic (exact) mass is 240 g/mol. The average molecular weight is 240 g/mol. The molecule has 0 aliphatic heterocycles. The number of nitrogens with one attached hydrogen (secondary N) is 2. The molecular weight excluding hydrogens is 220 g/mol. The summed E-state index contributed by atoms with van der Waals surface area (Å²) in [4.78, 5) is 3.41. The van der Waals surface area contributed by atoms with E-state index in [9.17, 15) is 0 Å². The van der Waals surface area contributed by atoms with Gasteiger partial charge in [0.25, 0.3) is 0 Å². The van der Waals surface area contributed by atoms with Crippen LogP contribution in [0.15, 0.2) is 30.5 Å². The predicted octanol–water partition coefficient (Wildman–Crippen LogP) is 3.47. The SMILES string of the molecule is CNC(c1c[nH]c2ccccc12)C1CC2CC2C1. The fraction of sp³-hybridized carbons (Fsp3) is 0.500. The number of rotatable bonds is 3. The molecule has 2 heteroatoms. The largest absolute Gasteiger partial charge is 0.361 e. The summed E-state index contributed by atoms with van der Waals surface area (Å²) in [7, 11) is 2.11. The molecule has 1 heterocycles. The predicted molar refractivity (Wildman–Crippen MR) is 74.4 cm³/mol. The van der Waals surface area contributed by atoms with Crippen molar-refractivity contribution in [2.45, 2.75) is 25.3 Å². The molecule has 0 saturated heterocycles. The first-order chi connectivity index (χ1) is 8.86. The third-order valence-electron chi connectivity index (χ3n) is 5.02. The van der Waals surface area contributed by atoms with Gasteiger partial charge in [0.05, 0.1) is 0 Å². The van der Waals surface area contributed by atoms with Crippen molar-refractivity contribution >= 4 is 10.9 Å². The zero-order chi connectivity index (χ0) is 12.1. The summed E-state index contributed by atoms with van der Waals surface area (Å²) >= 11 is 0. The Morgan fingerprint density at radius 1 is 1.17 bits per heavy atom. The van der Waals surface area contributed by atoms with Gasteiger partial charge in [-0.25, -0.2) is 0 Å². The van der Waals surface area contributed by atoms with Crippen LogP contribution in [0.3, 0.4) is 0 Å². The molecule has 2 aliphatic carbocycles. The van der Waals surface area contributed by atoms with E-state index in [1.54, 1.807) is 0 Å². The van der Waals surface area contributed by atoms with Crippen molar-refractivity contribution in [1.82, 2.24) is 10.3 Å². The molecule has 4 rings (SSSR count). The van der Waals surface area contributed by atoms with Gasteiger partial charge in [0.15, 0.2) is 0 Å². The van der Waals surface area contributed by atoms with Crippen molar-refractivity contribution < 1.29 is 0 Å². The van der Waals surface area contributed by atoms with Gasteiger partial charge in [-0.05, 0) is 55.7 Å². The van der Waals surface area contributed by atoms with E-state index in [2.05, 4.69) is 47.8 Å². The highest BCUT2D eigenvalue weighted by Crippen LogP contribution is 2.57. The molecule has 0 amide bonds. The first-order valence-electron chi connectivity index (χ1n) is 7.10. The van der Waals surface area contributed by atoms with Gasteiger partial charge in [-0.2, -0.15) is 0 Å². The molecule has 3 atom stereocenters. The Labute approximate surface area is 108 Å². The highest BCUT2D eigenvalue weighted by Gasteiger charge is 2.48. The Morgan fingerprint density at radius 3 is 2.72 bits per heavy atom. The van der Waals surface area contributed by atoms with Crippen LogP contribution < -0.4 is 5.32 Å². The summed E-state index contributed by atoms with van der Waals surface area (Å²) in [5.41, 5.74) is 2.72. The number of benzene rings is 1. The van der Waals surface area contributed by atoms with E-state index in [4.69, 9.17) is 0 Å². The van der Waals surface area contributed by atoms with Crippen molar-refractivity contribution in [3.05, 3.63) is 36.0 Å². The van der Waals surface area contributed by atoms with Gasteiger partial charge in [0.1, 0.15) is 0 Å². The molecular formula is C16H20N2. The van der Waals surface area contributed by atoms with Gasteiger partial charge in [-0.3, -0.25) is 0 Å². The minimum absolute atomic E-state index is 0.522. The van der Waals surface area contributed by atoms with E-state index in [-0.39, 0.29) is 0 Å². The first kappa shape index (κ1) is 10.6. The zero-order valence-corrected chi connectivity index (χ0v) is 10.8. The third-order valence-corrected chi connectivity index (χ3v) is 5.02. The van der Waals surface area contributed by atoms with Crippen LogP contribution in [-0.4, -0.2) is 12.0 Å². The lowest BCUT2D eigenvalue weighted by Gasteiger charge is -2.24. The van der Waals surface area contributed by atoms with E-state index in [1.807, 2.05) is 0 Å². The van der Waals surface area contributed by atoms with Crippen molar-refractivity contribution in [1.29, 1.82) is 0 Å². The summed E-state index contributed by atoms with van der Waals surface area (Å²) < 4.78 is 0. The molecule has 94 valence electrons. The molecule has 0 spiro atoms. The fourth-order valence-electron chi connectivity index (χ4n) is 4.03. The van der Waals surface area contributed by atoms with E-state index in [1.165, 1.54) is 35.7 Å². The first-order valence-corrected chi connectivity index (χ1v) is 7.10. The maximum Gasteiger partial charge on any atom is 0.0457 e. The van der Waals surface area contributed by atoms with Crippen molar-refractivity contribution in [2.24, 2.45) is 17.8 Å². The summed E-state index contributed by atoms with van der Waals surface area (Å²) in [6.07, 6.45) is 6.56. The minimum atomic E-state index is 0.522. The molecule has 2 N–H and O–H groups in total. The van der Waals surface area contributed by atoms with Crippen molar-refractivity contribution in [3.8, 4) is 0 Å². The van der Waals surface area contributed by atoms with E-state index >= 15 is 0 Å². The normalized spacial score (nSPS) is 31.5. The lowest BCUT2D eigenvalue weighted by Crippen LogP contribution is -2.24. The number of aromatic amines is 1. The second-order valence-electron chi connectivity index (χ2n) is 6.04. The second kappa shape index (κ2) is 3.86. The molecule has 2 aromatic rings. The Morgan fingerprint density at radius 2 is 1.94 bits per heavy atom. The van der Waals surface area contributed by atoms with Gasteiger partial charge >= 0.3 is 0 Å². The lowest BCUT2D eigenvalue weighted by atomic mass is 9.89. The number of hydrogen-bond donors (Lipinski definition) is 2.